The van der Waals surface area contributed by atoms with Crippen molar-refractivity contribution < 1.29 is 19.2 Å². The first-order valence-corrected chi connectivity index (χ1v) is 8.76. The summed E-state index contributed by atoms with van der Waals surface area (Å²) in [7, 11) is 3.05. The van der Waals surface area contributed by atoms with Crippen LogP contribution >= 0.6 is 0 Å². The molecular formula is C20H20N4O5. The summed E-state index contributed by atoms with van der Waals surface area (Å²) in [5, 5.41) is 15.5. The van der Waals surface area contributed by atoms with Crippen LogP contribution in [0.15, 0.2) is 60.9 Å². The first-order chi connectivity index (χ1) is 14.0. The number of ether oxygens (including phenoxy) is 2. The van der Waals surface area contributed by atoms with Gasteiger partial charge in [-0.05, 0) is 24.3 Å². The summed E-state index contributed by atoms with van der Waals surface area (Å²) in [4.78, 5) is 24.5. The maximum absolute atomic E-state index is 12.4. The van der Waals surface area contributed by atoms with Gasteiger partial charge in [0.2, 0.25) is 0 Å². The molecule has 1 heterocycles. The number of carbonyl (C=O) groups excluding carboxylic acids is 1. The van der Waals surface area contributed by atoms with Gasteiger partial charge < -0.3 is 14.4 Å². The number of nitrogens with zero attached hydrogens (tertiary/aromatic N) is 4. The topological polar surface area (TPSA) is 99.7 Å². The highest BCUT2D eigenvalue weighted by Crippen LogP contribution is 2.31. The average molecular weight is 396 g/mol. The van der Waals surface area contributed by atoms with Crippen LogP contribution in [0.25, 0.3) is 5.69 Å². The summed E-state index contributed by atoms with van der Waals surface area (Å²) in [6, 6.07) is 13.8. The molecule has 1 amide bonds. The van der Waals surface area contributed by atoms with Crippen LogP contribution in [0.3, 0.4) is 0 Å². The van der Waals surface area contributed by atoms with Crippen molar-refractivity contribution in [2.45, 2.75) is 6.54 Å². The number of para-hydroxylation sites is 1. The molecule has 0 radical (unpaired) electrons. The fourth-order valence-electron chi connectivity index (χ4n) is 2.66. The van der Waals surface area contributed by atoms with Crippen molar-refractivity contribution in [1.29, 1.82) is 0 Å². The van der Waals surface area contributed by atoms with Gasteiger partial charge in [-0.2, -0.15) is 5.10 Å². The Kier molecular flexibility index (Phi) is 6.08. The molecule has 0 aliphatic rings. The van der Waals surface area contributed by atoms with E-state index in [0.717, 1.165) is 11.3 Å². The number of carbonyl (C=O) groups is 1. The third-order valence-electron chi connectivity index (χ3n) is 4.22. The fraction of sp³-hybridized carbons (Fsp3) is 0.200. The third kappa shape index (κ3) is 4.89. The number of methoxy groups -OCH3 is 1. The Morgan fingerprint density at radius 2 is 2.00 bits per heavy atom. The molecule has 0 atom stereocenters. The highest BCUT2D eigenvalue weighted by molar-refractivity contribution is 5.77. The molecule has 150 valence electrons. The van der Waals surface area contributed by atoms with E-state index in [9.17, 15) is 14.9 Å². The van der Waals surface area contributed by atoms with E-state index in [1.54, 1.807) is 17.9 Å². The molecule has 9 nitrogen and oxygen atoms in total. The second kappa shape index (κ2) is 8.87. The van der Waals surface area contributed by atoms with Crippen molar-refractivity contribution in [3.05, 3.63) is 76.6 Å². The van der Waals surface area contributed by atoms with E-state index in [0.29, 0.717) is 12.3 Å². The van der Waals surface area contributed by atoms with Crippen molar-refractivity contribution >= 4 is 11.6 Å². The lowest BCUT2D eigenvalue weighted by atomic mass is 10.3. The molecule has 0 fully saturated rings. The molecule has 0 bridgehead atoms. The van der Waals surface area contributed by atoms with E-state index in [2.05, 4.69) is 5.10 Å². The van der Waals surface area contributed by atoms with Gasteiger partial charge in [0.25, 0.3) is 5.91 Å². The van der Waals surface area contributed by atoms with E-state index in [4.69, 9.17) is 9.47 Å². The molecule has 2 aromatic carbocycles. The number of nitro groups is 1. The Morgan fingerprint density at radius 1 is 1.24 bits per heavy atom. The lowest BCUT2D eigenvalue weighted by molar-refractivity contribution is -0.385. The Labute approximate surface area is 167 Å². The molecule has 0 saturated heterocycles. The Hall–Kier alpha value is -3.88. The van der Waals surface area contributed by atoms with Gasteiger partial charge in [-0.25, -0.2) is 4.68 Å². The summed E-state index contributed by atoms with van der Waals surface area (Å²) in [5.74, 6) is 0.0277. The summed E-state index contributed by atoms with van der Waals surface area (Å²) < 4.78 is 12.1. The zero-order chi connectivity index (χ0) is 20.8. The normalized spacial score (nSPS) is 10.4. The Morgan fingerprint density at radius 3 is 2.69 bits per heavy atom. The number of nitro benzene ring substituents is 1. The lowest BCUT2D eigenvalue weighted by Gasteiger charge is -2.16. The summed E-state index contributed by atoms with van der Waals surface area (Å²) in [6.45, 7) is 0.0101. The van der Waals surface area contributed by atoms with E-state index >= 15 is 0 Å². The van der Waals surface area contributed by atoms with Crippen LogP contribution in [0.4, 0.5) is 5.69 Å². The number of hydrogen-bond donors (Lipinski definition) is 0. The Balaban J connectivity index is 1.60. The van der Waals surface area contributed by atoms with Gasteiger partial charge in [-0.15, -0.1) is 0 Å². The van der Waals surface area contributed by atoms with Crippen LogP contribution in [-0.2, 0) is 11.3 Å². The summed E-state index contributed by atoms with van der Waals surface area (Å²) in [6.07, 6.45) is 3.53. The van der Waals surface area contributed by atoms with Crippen LogP contribution in [0.2, 0.25) is 0 Å². The highest BCUT2D eigenvalue weighted by atomic mass is 16.6. The predicted molar refractivity (Wildman–Crippen MR) is 105 cm³/mol. The molecule has 3 aromatic rings. The number of benzene rings is 2. The lowest BCUT2D eigenvalue weighted by Crippen LogP contribution is -2.30. The van der Waals surface area contributed by atoms with Crippen molar-refractivity contribution in [2.75, 3.05) is 20.8 Å². The van der Waals surface area contributed by atoms with Crippen LogP contribution in [-0.4, -0.2) is 46.3 Å². The van der Waals surface area contributed by atoms with Gasteiger partial charge in [0.15, 0.2) is 12.4 Å². The first kappa shape index (κ1) is 19.9. The van der Waals surface area contributed by atoms with E-state index < -0.39 is 4.92 Å². The zero-order valence-corrected chi connectivity index (χ0v) is 16.0. The van der Waals surface area contributed by atoms with Gasteiger partial charge in [-0.3, -0.25) is 14.9 Å². The molecule has 0 unspecified atom stereocenters. The van der Waals surface area contributed by atoms with Gasteiger partial charge >= 0.3 is 5.69 Å². The molecule has 0 N–H and O–H groups in total. The molecule has 0 aliphatic carbocycles. The van der Waals surface area contributed by atoms with Gasteiger partial charge in [0.05, 0.1) is 30.0 Å². The average Bonchev–Trinajstić information content (AvgIpc) is 3.20. The van der Waals surface area contributed by atoms with Crippen LogP contribution < -0.4 is 9.47 Å². The van der Waals surface area contributed by atoms with E-state index in [-0.39, 0.29) is 24.0 Å². The van der Waals surface area contributed by atoms with Crippen LogP contribution in [0.1, 0.15) is 5.56 Å². The molecule has 0 spiro atoms. The first-order valence-electron chi connectivity index (χ1n) is 8.76. The number of amides is 1. The fourth-order valence-corrected chi connectivity index (χ4v) is 2.66. The minimum atomic E-state index is -0.579. The van der Waals surface area contributed by atoms with Crippen molar-refractivity contribution in [3.63, 3.8) is 0 Å². The van der Waals surface area contributed by atoms with Gasteiger partial charge in [-0.1, -0.05) is 18.2 Å². The minimum Gasteiger partial charge on any atom is -0.496 e. The monoisotopic (exact) mass is 396 g/mol. The van der Waals surface area contributed by atoms with Gasteiger partial charge in [0.1, 0.15) is 5.75 Å². The number of hydrogen-bond acceptors (Lipinski definition) is 6. The zero-order valence-electron chi connectivity index (χ0n) is 16.0. The second-order valence-corrected chi connectivity index (χ2v) is 6.26. The quantitative estimate of drug-likeness (QED) is 0.429. The maximum Gasteiger partial charge on any atom is 0.314 e. The summed E-state index contributed by atoms with van der Waals surface area (Å²) >= 11 is 0. The molecule has 9 heteroatoms. The van der Waals surface area contributed by atoms with Crippen LogP contribution in [0, 0.1) is 10.1 Å². The molecule has 29 heavy (non-hydrogen) atoms. The summed E-state index contributed by atoms with van der Waals surface area (Å²) in [5.41, 5.74) is 1.51. The number of likely N-dealkylation sites (N-methyl/N-ethyl adjacent to an activating group) is 1. The van der Waals surface area contributed by atoms with Crippen LogP contribution in [0.5, 0.6) is 11.5 Å². The number of aromatic nitrogens is 2. The SMILES string of the molecule is COc1ccc(OCC(=O)N(C)Cc2cnn(-c3ccccc3)c2)c([N+](=O)[O-])c1. The highest BCUT2D eigenvalue weighted by Gasteiger charge is 2.19. The molecule has 1 aromatic heterocycles. The molecular weight excluding hydrogens is 376 g/mol. The Bertz CT molecular complexity index is 1000. The van der Waals surface area contributed by atoms with Crippen molar-refractivity contribution in [3.8, 4) is 17.2 Å². The third-order valence-corrected chi connectivity index (χ3v) is 4.22. The largest absolute Gasteiger partial charge is 0.496 e. The second-order valence-electron chi connectivity index (χ2n) is 6.26. The van der Waals surface area contributed by atoms with Crippen molar-refractivity contribution in [1.82, 2.24) is 14.7 Å². The smallest absolute Gasteiger partial charge is 0.314 e. The number of rotatable bonds is 8. The van der Waals surface area contributed by atoms with E-state index in [1.165, 1.54) is 30.2 Å². The van der Waals surface area contributed by atoms with Crippen molar-refractivity contribution in [2.24, 2.45) is 0 Å². The van der Waals surface area contributed by atoms with Gasteiger partial charge in [0, 0.05) is 25.4 Å². The predicted octanol–water partition coefficient (Wildman–Crippen LogP) is 2.83. The standard InChI is InChI=1S/C20H20N4O5/c1-22(12-15-11-21-23(13-15)16-6-4-3-5-7-16)20(25)14-29-19-9-8-17(28-2)10-18(19)24(26)27/h3-11,13H,12,14H2,1-2H3. The van der Waals surface area contributed by atoms with E-state index in [1.807, 2.05) is 36.5 Å². The molecule has 0 saturated carbocycles. The molecule has 0 aliphatic heterocycles. The molecule has 3 rings (SSSR count). The maximum atomic E-state index is 12.4. The minimum absolute atomic E-state index is 0.00875.